The number of nitro groups is 1. The molecular formula is C16H23N3O7. The second-order valence-electron chi connectivity index (χ2n) is 5.83. The Labute approximate surface area is 150 Å². The summed E-state index contributed by atoms with van der Waals surface area (Å²) in [5.41, 5.74) is 0.909. The summed E-state index contributed by atoms with van der Waals surface area (Å²) in [5, 5.41) is 25.8. The van der Waals surface area contributed by atoms with E-state index in [4.69, 9.17) is 24.5 Å². The average molecular weight is 369 g/mol. The molecule has 1 aromatic carbocycles. The third-order valence-corrected chi connectivity index (χ3v) is 3.76. The van der Waals surface area contributed by atoms with Crippen LogP contribution in [0, 0.1) is 17.0 Å². The zero-order valence-electron chi connectivity index (χ0n) is 14.8. The molecule has 0 unspecified atom stereocenters. The topological polar surface area (TPSA) is 133 Å². The van der Waals surface area contributed by atoms with Gasteiger partial charge in [-0.05, 0) is 25.6 Å². The average Bonchev–Trinajstić information content (AvgIpc) is 2.58. The minimum atomic E-state index is -1.82. The minimum absolute atomic E-state index is 0.0448. The molecule has 0 amide bonds. The molecule has 1 aliphatic heterocycles. The van der Waals surface area contributed by atoms with Crippen LogP contribution < -0.4 is 4.74 Å². The number of nitrogens with zero attached hydrogens (tertiary/aromatic N) is 3. The molecule has 10 nitrogen and oxygen atoms in total. The Morgan fingerprint density at radius 3 is 2.27 bits per heavy atom. The number of aryl methyl sites for hydroxylation is 1. The van der Waals surface area contributed by atoms with E-state index in [2.05, 4.69) is 16.8 Å². The quantitative estimate of drug-likeness (QED) is 0.436. The molecule has 10 heteroatoms. The molecule has 26 heavy (non-hydrogen) atoms. The normalized spacial score (nSPS) is 14.8. The minimum Gasteiger partial charge on any atom is -0.485 e. The molecule has 2 N–H and O–H groups in total. The first-order chi connectivity index (χ1) is 12.2. The molecule has 0 bridgehead atoms. The van der Waals surface area contributed by atoms with Gasteiger partial charge >= 0.3 is 17.6 Å². The zero-order chi connectivity index (χ0) is 19.7. The van der Waals surface area contributed by atoms with E-state index >= 15 is 0 Å². The summed E-state index contributed by atoms with van der Waals surface area (Å²) in [5.74, 6) is -3.29. The highest BCUT2D eigenvalue weighted by molar-refractivity contribution is 6.27. The van der Waals surface area contributed by atoms with Crippen LogP contribution in [0.3, 0.4) is 0 Å². The molecule has 1 fully saturated rings. The Morgan fingerprint density at radius 1 is 1.19 bits per heavy atom. The maximum absolute atomic E-state index is 11.0. The van der Waals surface area contributed by atoms with E-state index in [1.165, 1.54) is 0 Å². The van der Waals surface area contributed by atoms with Crippen molar-refractivity contribution in [2.75, 3.05) is 46.4 Å². The van der Waals surface area contributed by atoms with Gasteiger partial charge in [0.15, 0.2) is 5.75 Å². The first kappa shape index (κ1) is 21.3. The van der Waals surface area contributed by atoms with Crippen LogP contribution in [-0.4, -0.2) is 83.3 Å². The molecule has 0 aromatic heterocycles. The lowest BCUT2D eigenvalue weighted by atomic mass is 10.2. The number of nitro benzene ring substituents is 1. The molecule has 0 spiro atoms. The molecule has 0 saturated carbocycles. The number of hydrogen-bond donors (Lipinski definition) is 2. The van der Waals surface area contributed by atoms with E-state index in [9.17, 15) is 10.1 Å². The molecule has 1 aliphatic rings. The Morgan fingerprint density at radius 2 is 1.77 bits per heavy atom. The van der Waals surface area contributed by atoms with Gasteiger partial charge in [0.2, 0.25) is 0 Å². The van der Waals surface area contributed by atoms with Crippen molar-refractivity contribution in [3.63, 3.8) is 0 Å². The zero-order valence-corrected chi connectivity index (χ0v) is 14.8. The molecule has 0 radical (unpaired) electrons. The number of likely N-dealkylation sites (N-methyl/N-ethyl adjacent to an activating group) is 1. The van der Waals surface area contributed by atoms with Gasteiger partial charge in [0, 0.05) is 38.8 Å². The largest absolute Gasteiger partial charge is 0.485 e. The molecular weight excluding hydrogens is 346 g/mol. The molecule has 2 rings (SSSR count). The summed E-state index contributed by atoms with van der Waals surface area (Å²) >= 11 is 0. The van der Waals surface area contributed by atoms with Crippen LogP contribution >= 0.6 is 0 Å². The van der Waals surface area contributed by atoms with Crippen molar-refractivity contribution in [3.05, 3.63) is 33.9 Å². The summed E-state index contributed by atoms with van der Waals surface area (Å²) < 4.78 is 5.59. The molecule has 144 valence electrons. The lowest BCUT2D eigenvalue weighted by Gasteiger charge is -2.32. The number of ether oxygens (including phenoxy) is 1. The summed E-state index contributed by atoms with van der Waals surface area (Å²) in [7, 11) is 2.11. The van der Waals surface area contributed by atoms with Crippen LogP contribution in [0.4, 0.5) is 5.69 Å². The predicted molar refractivity (Wildman–Crippen MR) is 92.5 cm³/mol. The molecule has 1 heterocycles. The van der Waals surface area contributed by atoms with Gasteiger partial charge in [0.05, 0.1) is 4.92 Å². The van der Waals surface area contributed by atoms with Gasteiger partial charge in [0.1, 0.15) is 6.61 Å². The number of hydrogen-bond acceptors (Lipinski definition) is 7. The first-order valence-corrected chi connectivity index (χ1v) is 7.95. The first-order valence-electron chi connectivity index (χ1n) is 7.95. The van der Waals surface area contributed by atoms with Gasteiger partial charge in [-0.3, -0.25) is 15.0 Å². The number of carbonyl (C=O) groups is 2. The number of carboxylic acids is 2. The highest BCUT2D eigenvalue weighted by Crippen LogP contribution is 2.27. The van der Waals surface area contributed by atoms with E-state index in [0.29, 0.717) is 12.4 Å². The third-order valence-electron chi connectivity index (χ3n) is 3.76. The second kappa shape index (κ2) is 10.3. The number of benzene rings is 1. The highest BCUT2D eigenvalue weighted by Gasteiger charge is 2.17. The second-order valence-corrected chi connectivity index (χ2v) is 5.83. The monoisotopic (exact) mass is 369 g/mol. The van der Waals surface area contributed by atoms with Crippen LogP contribution in [0.15, 0.2) is 18.2 Å². The van der Waals surface area contributed by atoms with Crippen molar-refractivity contribution in [1.82, 2.24) is 9.80 Å². The van der Waals surface area contributed by atoms with E-state index in [1.807, 2.05) is 13.0 Å². The van der Waals surface area contributed by atoms with Crippen molar-refractivity contribution >= 4 is 17.6 Å². The standard InChI is InChI=1S/C14H21N3O3.C2H2O4/c1-12-3-4-14(13(11-12)17(18)19)20-10-9-16-7-5-15(2)6-8-16;3-1(4)2(5)6/h3-4,11H,5-10H2,1-2H3;(H,3,4)(H,5,6). The number of carboxylic acid groups (broad SMARTS) is 2. The Hall–Kier alpha value is -2.72. The summed E-state index contributed by atoms with van der Waals surface area (Å²) in [6.45, 7) is 7.29. The van der Waals surface area contributed by atoms with Crippen molar-refractivity contribution in [3.8, 4) is 5.75 Å². The number of rotatable bonds is 5. The number of piperazine rings is 1. The highest BCUT2D eigenvalue weighted by atomic mass is 16.6. The van der Waals surface area contributed by atoms with Crippen molar-refractivity contribution in [2.24, 2.45) is 0 Å². The van der Waals surface area contributed by atoms with Gasteiger partial charge < -0.3 is 19.8 Å². The van der Waals surface area contributed by atoms with Crippen LogP contribution in [-0.2, 0) is 9.59 Å². The Balaban J connectivity index is 0.000000487. The smallest absolute Gasteiger partial charge is 0.414 e. The van der Waals surface area contributed by atoms with Crippen molar-refractivity contribution in [2.45, 2.75) is 6.92 Å². The van der Waals surface area contributed by atoms with Gasteiger partial charge in [0.25, 0.3) is 0 Å². The Bertz CT molecular complexity index is 631. The summed E-state index contributed by atoms with van der Waals surface area (Å²) in [4.78, 5) is 33.4. The fourth-order valence-electron chi connectivity index (χ4n) is 2.25. The maximum atomic E-state index is 11.0. The summed E-state index contributed by atoms with van der Waals surface area (Å²) in [6.07, 6.45) is 0. The fourth-order valence-corrected chi connectivity index (χ4v) is 2.25. The van der Waals surface area contributed by atoms with E-state index in [-0.39, 0.29) is 5.69 Å². The SMILES string of the molecule is Cc1ccc(OCCN2CCN(C)CC2)c([N+](=O)[O-])c1.O=C(O)C(=O)O. The summed E-state index contributed by atoms with van der Waals surface area (Å²) in [6, 6.07) is 5.06. The molecule has 1 aromatic rings. The number of aliphatic carboxylic acids is 2. The maximum Gasteiger partial charge on any atom is 0.414 e. The van der Waals surface area contributed by atoms with Gasteiger partial charge in [-0.1, -0.05) is 6.07 Å². The van der Waals surface area contributed by atoms with E-state index in [0.717, 1.165) is 38.3 Å². The Kier molecular flexibility index (Phi) is 8.46. The van der Waals surface area contributed by atoms with Crippen LogP contribution in [0.1, 0.15) is 5.56 Å². The van der Waals surface area contributed by atoms with E-state index < -0.39 is 16.9 Å². The molecule has 1 saturated heterocycles. The van der Waals surface area contributed by atoms with Crippen molar-refractivity contribution in [1.29, 1.82) is 0 Å². The van der Waals surface area contributed by atoms with Crippen LogP contribution in [0.25, 0.3) is 0 Å². The van der Waals surface area contributed by atoms with Crippen LogP contribution in [0.5, 0.6) is 5.75 Å². The van der Waals surface area contributed by atoms with Gasteiger partial charge in [-0.15, -0.1) is 0 Å². The fraction of sp³-hybridized carbons (Fsp3) is 0.500. The molecule has 0 aliphatic carbocycles. The predicted octanol–water partition coefficient (Wildman–Crippen LogP) is 0.685. The van der Waals surface area contributed by atoms with Gasteiger partial charge in [-0.25, -0.2) is 9.59 Å². The van der Waals surface area contributed by atoms with Crippen molar-refractivity contribution < 1.29 is 29.5 Å². The van der Waals surface area contributed by atoms with Gasteiger partial charge in [-0.2, -0.15) is 0 Å². The van der Waals surface area contributed by atoms with Crippen LogP contribution in [0.2, 0.25) is 0 Å². The molecule has 0 atom stereocenters. The third kappa shape index (κ3) is 7.45. The lowest BCUT2D eigenvalue weighted by molar-refractivity contribution is -0.385. The lowest BCUT2D eigenvalue weighted by Crippen LogP contribution is -2.45. The van der Waals surface area contributed by atoms with E-state index in [1.54, 1.807) is 12.1 Å².